The summed E-state index contributed by atoms with van der Waals surface area (Å²) in [5.41, 5.74) is 1.67. The first-order chi connectivity index (χ1) is 12.5. The summed E-state index contributed by atoms with van der Waals surface area (Å²) in [4.78, 5) is 24.1. The lowest BCUT2D eigenvalue weighted by Crippen LogP contribution is -2.23. The van der Waals surface area contributed by atoms with Crippen molar-refractivity contribution in [3.8, 4) is 5.75 Å². The Bertz CT molecular complexity index is 948. The third kappa shape index (κ3) is 4.41. The minimum absolute atomic E-state index is 0.234. The number of halogens is 2. The number of benzene rings is 1. The fourth-order valence-electron chi connectivity index (χ4n) is 2.22. The predicted molar refractivity (Wildman–Crippen MR) is 105 cm³/mol. The number of hydrogen-bond acceptors (Lipinski definition) is 5. The molecular weight excluding hydrogens is 395 g/mol. The van der Waals surface area contributed by atoms with Crippen LogP contribution in [0.25, 0.3) is 11.0 Å². The van der Waals surface area contributed by atoms with Gasteiger partial charge in [-0.1, -0.05) is 35.0 Å². The van der Waals surface area contributed by atoms with Gasteiger partial charge in [-0.05, 0) is 32.0 Å². The van der Waals surface area contributed by atoms with Crippen molar-refractivity contribution in [1.82, 2.24) is 15.0 Å². The van der Waals surface area contributed by atoms with Crippen molar-refractivity contribution in [1.29, 1.82) is 0 Å². The van der Waals surface area contributed by atoms with Gasteiger partial charge in [0.05, 0.1) is 32.9 Å². The van der Waals surface area contributed by atoms with Gasteiger partial charge in [-0.3, -0.25) is 4.79 Å². The molecule has 6 nitrogen and oxygen atoms in total. The van der Waals surface area contributed by atoms with Gasteiger partial charge in [0.15, 0.2) is 11.0 Å². The summed E-state index contributed by atoms with van der Waals surface area (Å²) in [5, 5.41) is 3.63. The van der Waals surface area contributed by atoms with Crippen LogP contribution in [0, 0.1) is 0 Å². The number of amides is 1. The van der Waals surface area contributed by atoms with Crippen molar-refractivity contribution >= 4 is 57.7 Å². The minimum Gasteiger partial charge on any atom is -0.494 e. The van der Waals surface area contributed by atoms with Crippen molar-refractivity contribution in [2.24, 2.45) is 0 Å². The fraction of sp³-hybridized carbons (Fsp3) is 0.235. The van der Waals surface area contributed by atoms with Crippen molar-refractivity contribution in [2.45, 2.75) is 24.3 Å². The maximum absolute atomic E-state index is 12.4. The van der Waals surface area contributed by atoms with Crippen LogP contribution in [0.1, 0.15) is 13.8 Å². The molecule has 0 aliphatic heterocycles. The van der Waals surface area contributed by atoms with Crippen LogP contribution in [0.2, 0.25) is 10.0 Å². The first kappa shape index (κ1) is 18.8. The Kier molecular flexibility index (Phi) is 5.90. The lowest BCUT2D eigenvalue weighted by atomic mass is 10.3. The average molecular weight is 411 g/mol. The van der Waals surface area contributed by atoms with Crippen LogP contribution >= 0.6 is 35.0 Å². The Hall–Kier alpha value is -1.96. The Labute approximate surface area is 164 Å². The van der Waals surface area contributed by atoms with Crippen molar-refractivity contribution in [2.75, 3.05) is 11.9 Å². The molecule has 9 heteroatoms. The van der Waals surface area contributed by atoms with E-state index in [-0.39, 0.29) is 16.7 Å². The molecule has 1 amide bonds. The number of carbonyl (C=O) groups excluding carboxylic acids is 1. The maximum Gasteiger partial charge on any atom is 0.238 e. The molecular formula is C17H16Cl2N4O2S. The number of anilines is 1. The average Bonchev–Trinajstić information content (AvgIpc) is 2.99. The van der Waals surface area contributed by atoms with Gasteiger partial charge < -0.3 is 15.0 Å². The summed E-state index contributed by atoms with van der Waals surface area (Å²) >= 11 is 13.1. The SMILES string of the molecule is CCOc1ccc2nc(SC(C)C(=O)Nc3ncc(Cl)cc3Cl)[nH]c2c1. The number of fused-ring (bicyclic) bond motifs is 1. The molecule has 0 aliphatic carbocycles. The summed E-state index contributed by atoms with van der Waals surface area (Å²) in [6.07, 6.45) is 1.43. The van der Waals surface area contributed by atoms with Crippen molar-refractivity contribution in [3.05, 3.63) is 40.5 Å². The molecule has 2 heterocycles. The Balaban J connectivity index is 1.69. The summed E-state index contributed by atoms with van der Waals surface area (Å²) < 4.78 is 5.48. The normalized spacial score (nSPS) is 12.2. The molecule has 0 spiro atoms. The highest BCUT2D eigenvalue weighted by Gasteiger charge is 2.18. The van der Waals surface area contributed by atoms with Crippen LogP contribution in [0.4, 0.5) is 5.82 Å². The summed E-state index contributed by atoms with van der Waals surface area (Å²) in [6, 6.07) is 7.16. The Morgan fingerprint density at radius 2 is 2.19 bits per heavy atom. The van der Waals surface area contributed by atoms with Gasteiger partial charge in [-0.2, -0.15) is 0 Å². The van der Waals surface area contributed by atoms with Gasteiger partial charge in [-0.25, -0.2) is 9.97 Å². The van der Waals surface area contributed by atoms with E-state index in [2.05, 4.69) is 20.3 Å². The highest BCUT2D eigenvalue weighted by molar-refractivity contribution is 8.00. The highest BCUT2D eigenvalue weighted by Crippen LogP contribution is 2.27. The molecule has 0 aliphatic rings. The number of rotatable bonds is 6. The molecule has 0 fully saturated rings. The van der Waals surface area contributed by atoms with Crippen LogP contribution in [0.5, 0.6) is 5.75 Å². The molecule has 1 atom stereocenters. The minimum atomic E-state index is -0.407. The molecule has 2 N–H and O–H groups in total. The van der Waals surface area contributed by atoms with Crippen molar-refractivity contribution in [3.63, 3.8) is 0 Å². The lowest BCUT2D eigenvalue weighted by molar-refractivity contribution is -0.115. The molecule has 1 unspecified atom stereocenters. The number of carbonyl (C=O) groups is 1. The van der Waals surface area contributed by atoms with E-state index in [0.717, 1.165) is 16.8 Å². The number of imidazole rings is 1. The van der Waals surface area contributed by atoms with Crippen LogP contribution in [-0.4, -0.2) is 32.7 Å². The Morgan fingerprint density at radius 3 is 2.92 bits per heavy atom. The molecule has 3 aromatic rings. The topological polar surface area (TPSA) is 79.9 Å². The first-order valence-corrected chi connectivity index (χ1v) is 9.51. The van der Waals surface area contributed by atoms with Crippen LogP contribution in [0.3, 0.4) is 0 Å². The second-order valence-corrected chi connectivity index (χ2v) is 7.56. The van der Waals surface area contributed by atoms with E-state index in [1.165, 1.54) is 24.0 Å². The maximum atomic E-state index is 12.4. The number of H-pyrrole nitrogens is 1. The zero-order valence-corrected chi connectivity index (χ0v) is 16.4. The molecule has 0 saturated heterocycles. The summed E-state index contributed by atoms with van der Waals surface area (Å²) in [6.45, 7) is 4.31. The standard InChI is InChI=1S/C17H16Cl2N4O2S/c1-3-25-11-4-5-13-14(7-11)22-17(21-13)26-9(2)16(24)23-15-12(19)6-10(18)8-20-15/h4-9H,3H2,1-2H3,(H,21,22)(H,20,23,24). The number of nitrogens with one attached hydrogen (secondary N) is 2. The molecule has 0 bridgehead atoms. The van der Waals surface area contributed by atoms with E-state index in [9.17, 15) is 4.79 Å². The van der Waals surface area contributed by atoms with Gasteiger partial charge >= 0.3 is 0 Å². The van der Waals surface area contributed by atoms with Crippen LogP contribution in [0.15, 0.2) is 35.6 Å². The van der Waals surface area contributed by atoms with Crippen LogP contribution < -0.4 is 10.1 Å². The van der Waals surface area contributed by atoms with Gasteiger partial charge in [-0.15, -0.1) is 0 Å². The van der Waals surface area contributed by atoms with E-state index in [1.807, 2.05) is 25.1 Å². The molecule has 2 aromatic heterocycles. The molecule has 1 aromatic carbocycles. The van der Waals surface area contributed by atoms with E-state index in [0.29, 0.717) is 16.8 Å². The third-order valence-corrected chi connectivity index (χ3v) is 4.93. The fourth-order valence-corrected chi connectivity index (χ4v) is 3.47. The number of ether oxygens (including phenoxy) is 1. The molecule has 26 heavy (non-hydrogen) atoms. The van der Waals surface area contributed by atoms with Gasteiger partial charge in [0.1, 0.15) is 5.75 Å². The molecule has 136 valence electrons. The zero-order chi connectivity index (χ0) is 18.7. The number of aromatic amines is 1. The zero-order valence-electron chi connectivity index (χ0n) is 14.0. The summed E-state index contributed by atoms with van der Waals surface area (Å²) in [7, 11) is 0. The number of nitrogens with zero attached hydrogens (tertiary/aromatic N) is 2. The number of hydrogen-bond donors (Lipinski definition) is 2. The van der Waals surface area contributed by atoms with E-state index in [1.54, 1.807) is 6.92 Å². The van der Waals surface area contributed by atoms with E-state index in [4.69, 9.17) is 27.9 Å². The number of aromatic nitrogens is 3. The smallest absolute Gasteiger partial charge is 0.238 e. The largest absolute Gasteiger partial charge is 0.494 e. The van der Waals surface area contributed by atoms with E-state index >= 15 is 0 Å². The summed E-state index contributed by atoms with van der Waals surface area (Å²) in [5.74, 6) is 0.816. The lowest BCUT2D eigenvalue weighted by Gasteiger charge is -2.11. The van der Waals surface area contributed by atoms with E-state index < -0.39 is 5.25 Å². The quantitative estimate of drug-likeness (QED) is 0.571. The highest BCUT2D eigenvalue weighted by atomic mass is 35.5. The molecule has 0 saturated carbocycles. The van der Waals surface area contributed by atoms with Gasteiger partial charge in [0.25, 0.3) is 0 Å². The molecule has 3 rings (SSSR count). The predicted octanol–water partition coefficient (Wildman–Crippen LogP) is 4.78. The monoisotopic (exact) mass is 410 g/mol. The Morgan fingerprint density at radius 1 is 1.38 bits per heavy atom. The second-order valence-electron chi connectivity index (χ2n) is 5.39. The van der Waals surface area contributed by atoms with Crippen molar-refractivity contribution < 1.29 is 9.53 Å². The number of pyridine rings is 1. The first-order valence-electron chi connectivity index (χ1n) is 7.87. The molecule has 0 radical (unpaired) electrons. The second kappa shape index (κ2) is 8.16. The third-order valence-electron chi connectivity index (χ3n) is 3.45. The number of thioether (sulfide) groups is 1. The van der Waals surface area contributed by atoms with Crippen LogP contribution in [-0.2, 0) is 4.79 Å². The van der Waals surface area contributed by atoms with Gasteiger partial charge in [0, 0.05) is 12.3 Å². The van der Waals surface area contributed by atoms with Gasteiger partial charge in [0.2, 0.25) is 5.91 Å².